The Bertz CT molecular complexity index is 361. The van der Waals surface area contributed by atoms with E-state index in [1.807, 2.05) is 0 Å². The van der Waals surface area contributed by atoms with Crippen LogP contribution in [-0.2, 0) is 0 Å². The van der Waals surface area contributed by atoms with Gasteiger partial charge in [-0.2, -0.15) is 0 Å². The highest BCUT2D eigenvalue weighted by molar-refractivity contribution is 5.97. The predicted molar refractivity (Wildman–Crippen MR) is 67.6 cm³/mol. The van der Waals surface area contributed by atoms with Gasteiger partial charge in [0.1, 0.15) is 12.4 Å². The van der Waals surface area contributed by atoms with E-state index in [0.29, 0.717) is 18.2 Å². The summed E-state index contributed by atoms with van der Waals surface area (Å²) >= 11 is 0. The van der Waals surface area contributed by atoms with Crippen molar-refractivity contribution in [3.63, 3.8) is 0 Å². The maximum absolute atomic E-state index is 8.51. The van der Waals surface area contributed by atoms with Crippen LogP contribution in [0, 0.1) is 0 Å². The summed E-state index contributed by atoms with van der Waals surface area (Å²) in [5, 5.41) is 14.7. The highest BCUT2D eigenvalue weighted by Crippen LogP contribution is 2.11. The fourth-order valence-corrected chi connectivity index (χ4v) is 1.30. The van der Waals surface area contributed by atoms with E-state index in [0.717, 1.165) is 12.3 Å². The van der Waals surface area contributed by atoms with E-state index in [9.17, 15) is 0 Å². The lowest BCUT2D eigenvalue weighted by atomic mass is 10.2. The number of nitrogens with zero attached hydrogens (tertiary/aromatic N) is 1. The first-order chi connectivity index (χ1) is 8.13. The molecule has 0 atom stereocenters. The monoisotopic (exact) mass is 237 g/mol. The molecule has 4 N–H and O–H groups in total. The van der Waals surface area contributed by atoms with Crippen LogP contribution >= 0.6 is 0 Å². The first-order valence-corrected chi connectivity index (χ1v) is 5.57. The summed E-state index contributed by atoms with van der Waals surface area (Å²) < 4.78 is 5.52. The molecule has 0 fully saturated rings. The normalized spacial score (nSPS) is 11.8. The minimum Gasteiger partial charge on any atom is -0.492 e. The molecule has 5 nitrogen and oxygen atoms in total. The smallest absolute Gasteiger partial charge is 0.170 e. The van der Waals surface area contributed by atoms with E-state index in [1.165, 1.54) is 0 Å². The Kier molecular flexibility index (Phi) is 5.29. The lowest BCUT2D eigenvalue weighted by molar-refractivity contribution is 0.309. The van der Waals surface area contributed by atoms with Crippen molar-refractivity contribution in [3.8, 4) is 5.75 Å². The van der Waals surface area contributed by atoms with Gasteiger partial charge in [-0.3, -0.25) is 0 Å². The molecule has 0 unspecified atom stereocenters. The van der Waals surface area contributed by atoms with Crippen LogP contribution in [0.15, 0.2) is 29.4 Å². The molecular formula is C12H19N3O2. The Balaban J connectivity index is 2.41. The number of hydrogen-bond donors (Lipinski definition) is 3. The third kappa shape index (κ3) is 4.74. The molecule has 1 aromatic carbocycles. The molecular weight excluding hydrogens is 218 g/mol. The molecule has 0 aromatic heterocycles. The van der Waals surface area contributed by atoms with E-state index in [4.69, 9.17) is 15.7 Å². The van der Waals surface area contributed by atoms with Gasteiger partial charge in [0.25, 0.3) is 0 Å². The quantitative estimate of drug-likeness (QED) is 0.228. The van der Waals surface area contributed by atoms with Crippen LogP contribution in [0.2, 0.25) is 0 Å². The second-order valence-electron chi connectivity index (χ2n) is 3.97. The van der Waals surface area contributed by atoms with Crippen LogP contribution < -0.4 is 15.8 Å². The van der Waals surface area contributed by atoms with Crippen LogP contribution in [0.5, 0.6) is 5.75 Å². The Hall–Kier alpha value is -1.75. The predicted octanol–water partition coefficient (Wildman–Crippen LogP) is 1.16. The lowest BCUT2D eigenvalue weighted by Gasteiger charge is -2.09. The summed E-state index contributed by atoms with van der Waals surface area (Å²) in [6, 6.07) is 7.55. The molecule has 0 spiro atoms. The lowest BCUT2D eigenvalue weighted by Crippen LogP contribution is -2.27. The van der Waals surface area contributed by atoms with Gasteiger partial charge in [0.2, 0.25) is 0 Å². The number of benzene rings is 1. The number of ether oxygens (including phenoxy) is 1. The molecule has 0 radical (unpaired) electrons. The molecule has 1 aromatic rings. The Morgan fingerprint density at radius 3 is 2.59 bits per heavy atom. The minimum absolute atomic E-state index is 0.0954. The van der Waals surface area contributed by atoms with Crippen molar-refractivity contribution in [3.05, 3.63) is 29.8 Å². The van der Waals surface area contributed by atoms with Gasteiger partial charge in [-0.15, -0.1) is 0 Å². The van der Waals surface area contributed by atoms with Gasteiger partial charge < -0.3 is 21.0 Å². The second-order valence-corrected chi connectivity index (χ2v) is 3.97. The summed E-state index contributed by atoms with van der Waals surface area (Å²) in [7, 11) is 0. The highest BCUT2D eigenvalue weighted by atomic mass is 16.5. The van der Waals surface area contributed by atoms with Crippen molar-refractivity contribution < 1.29 is 9.94 Å². The van der Waals surface area contributed by atoms with Crippen LogP contribution in [0.4, 0.5) is 0 Å². The van der Waals surface area contributed by atoms with Crippen molar-refractivity contribution in [1.29, 1.82) is 0 Å². The summed E-state index contributed by atoms with van der Waals surface area (Å²) in [4.78, 5) is 0. The number of nitrogens with one attached hydrogen (secondary N) is 1. The molecule has 0 aliphatic carbocycles. The molecule has 17 heavy (non-hydrogen) atoms. The maximum atomic E-state index is 8.51. The van der Waals surface area contributed by atoms with Gasteiger partial charge in [-0.05, 0) is 24.3 Å². The molecule has 1 rings (SSSR count). The maximum Gasteiger partial charge on any atom is 0.170 e. The number of rotatable bonds is 6. The molecule has 0 saturated heterocycles. The fourth-order valence-electron chi connectivity index (χ4n) is 1.30. The third-order valence-corrected chi connectivity index (χ3v) is 2.18. The zero-order chi connectivity index (χ0) is 12.7. The molecule has 0 bridgehead atoms. The van der Waals surface area contributed by atoms with Crippen molar-refractivity contribution in [2.45, 2.75) is 19.9 Å². The molecule has 0 amide bonds. The highest BCUT2D eigenvalue weighted by Gasteiger charge is 1.99. The molecule has 0 aliphatic heterocycles. The van der Waals surface area contributed by atoms with Gasteiger partial charge in [-0.25, -0.2) is 0 Å². The minimum atomic E-state index is 0.0954. The van der Waals surface area contributed by atoms with Crippen LogP contribution in [0.3, 0.4) is 0 Å². The van der Waals surface area contributed by atoms with Crippen molar-refractivity contribution >= 4 is 5.84 Å². The van der Waals surface area contributed by atoms with Crippen molar-refractivity contribution in [1.82, 2.24) is 5.32 Å². The summed E-state index contributed by atoms with van der Waals surface area (Å²) in [6.45, 7) is 5.60. The summed E-state index contributed by atoms with van der Waals surface area (Å²) in [5.41, 5.74) is 6.12. The van der Waals surface area contributed by atoms with Crippen LogP contribution in [0.25, 0.3) is 0 Å². The number of hydrogen-bond acceptors (Lipinski definition) is 4. The van der Waals surface area contributed by atoms with Gasteiger partial charge in [0.15, 0.2) is 5.84 Å². The van der Waals surface area contributed by atoms with Crippen LogP contribution in [-0.4, -0.2) is 30.2 Å². The molecule has 0 heterocycles. The zero-order valence-corrected chi connectivity index (χ0v) is 10.2. The Morgan fingerprint density at radius 1 is 1.41 bits per heavy atom. The topological polar surface area (TPSA) is 79.9 Å². The molecule has 5 heteroatoms. The Morgan fingerprint density at radius 2 is 2.06 bits per heavy atom. The van der Waals surface area contributed by atoms with Gasteiger partial charge >= 0.3 is 0 Å². The van der Waals surface area contributed by atoms with Gasteiger partial charge in [0, 0.05) is 18.2 Å². The SMILES string of the molecule is CC(C)NCCOc1ccc(C(N)=NO)cc1. The van der Waals surface area contributed by atoms with Gasteiger partial charge in [0.05, 0.1) is 0 Å². The van der Waals surface area contributed by atoms with Crippen LogP contribution in [0.1, 0.15) is 19.4 Å². The Labute approximate surface area is 101 Å². The number of nitrogens with two attached hydrogens (primary N) is 1. The van der Waals surface area contributed by atoms with E-state index < -0.39 is 0 Å². The van der Waals surface area contributed by atoms with Gasteiger partial charge in [-0.1, -0.05) is 19.0 Å². The zero-order valence-electron chi connectivity index (χ0n) is 10.2. The average molecular weight is 237 g/mol. The standard InChI is InChI=1S/C12H19N3O2/c1-9(2)14-7-8-17-11-5-3-10(4-6-11)12(13)15-16/h3-6,9,14,16H,7-8H2,1-2H3,(H2,13,15). The van der Waals surface area contributed by atoms with E-state index in [2.05, 4.69) is 24.3 Å². The first kappa shape index (κ1) is 13.3. The third-order valence-electron chi connectivity index (χ3n) is 2.18. The summed E-state index contributed by atoms with van der Waals surface area (Å²) in [5.74, 6) is 0.864. The van der Waals surface area contributed by atoms with E-state index in [1.54, 1.807) is 24.3 Å². The largest absolute Gasteiger partial charge is 0.492 e. The number of amidine groups is 1. The van der Waals surface area contributed by atoms with E-state index in [-0.39, 0.29) is 5.84 Å². The average Bonchev–Trinajstić information content (AvgIpc) is 2.34. The molecule has 0 saturated carbocycles. The van der Waals surface area contributed by atoms with Crippen molar-refractivity contribution in [2.75, 3.05) is 13.2 Å². The summed E-state index contributed by atoms with van der Waals surface area (Å²) in [6.07, 6.45) is 0. The van der Waals surface area contributed by atoms with E-state index >= 15 is 0 Å². The molecule has 0 aliphatic rings. The first-order valence-electron chi connectivity index (χ1n) is 5.57. The number of oxime groups is 1. The fraction of sp³-hybridized carbons (Fsp3) is 0.417. The van der Waals surface area contributed by atoms with Crippen molar-refractivity contribution in [2.24, 2.45) is 10.9 Å². The molecule has 94 valence electrons. The second kappa shape index (κ2) is 6.75.